The third-order valence-electron chi connectivity index (χ3n) is 3.50. The molecule has 2 N–H and O–H groups in total. The maximum atomic E-state index is 11.8. The van der Waals surface area contributed by atoms with Crippen LogP contribution in [0, 0.1) is 19.8 Å². The van der Waals surface area contributed by atoms with E-state index < -0.39 is 17.9 Å². The summed E-state index contributed by atoms with van der Waals surface area (Å²) in [6.07, 6.45) is 0.676. The number of ether oxygens (including phenoxy) is 1. The second kappa shape index (κ2) is 7.67. The zero-order valence-electron chi connectivity index (χ0n) is 13.0. The van der Waals surface area contributed by atoms with Gasteiger partial charge in [-0.25, -0.2) is 4.79 Å². The Morgan fingerprint density at radius 2 is 2.00 bits per heavy atom. The highest BCUT2D eigenvalue weighted by Crippen LogP contribution is 2.18. The number of hydrogen-bond acceptors (Lipinski definition) is 3. The minimum atomic E-state index is -1.02. The summed E-state index contributed by atoms with van der Waals surface area (Å²) in [5.74, 6) is -0.944. The van der Waals surface area contributed by atoms with Crippen molar-refractivity contribution >= 4 is 11.9 Å². The van der Waals surface area contributed by atoms with Crippen molar-refractivity contribution in [2.75, 3.05) is 6.61 Å². The first-order valence-electron chi connectivity index (χ1n) is 7.07. The van der Waals surface area contributed by atoms with E-state index in [1.54, 1.807) is 6.92 Å². The van der Waals surface area contributed by atoms with Crippen molar-refractivity contribution in [2.24, 2.45) is 5.92 Å². The Morgan fingerprint density at radius 3 is 2.57 bits per heavy atom. The second-order valence-corrected chi connectivity index (χ2v) is 5.33. The molecule has 1 aromatic carbocycles. The van der Waals surface area contributed by atoms with E-state index in [2.05, 4.69) is 5.32 Å². The molecule has 2 atom stereocenters. The largest absolute Gasteiger partial charge is 0.483 e. The molecule has 0 fully saturated rings. The van der Waals surface area contributed by atoms with Crippen LogP contribution in [0.1, 0.15) is 31.4 Å². The fourth-order valence-corrected chi connectivity index (χ4v) is 1.90. The molecule has 1 rings (SSSR count). The SMILES string of the molecule is CC[C@H](C)[C@H](NC(=O)COc1cc(C)ccc1C)C(=O)O. The number of carboxylic acid groups (broad SMARTS) is 1. The first-order valence-corrected chi connectivity index (χ1v) is 7.07. The summed E-state index contributed by atoms with van der Waals surface area (Å²) >= 11 is 0. The van der Waals surface area contributed by atoms with Crippen LogP contribution in [-0.4, -0.2) is 29.6 Å². The van der Waals surface area contributed by atoms with Crippen LogP contribution in [0.25, 0.3) is 0 Å². The van der Waals surface area contributed by atoms with Crippen LogP contribution < -0.4 is 10.1 Å². The zero-order valence-corrected chi connectivity index (χ0v) is 13.0. The lowest BCUT2D eigenvalue weighted by molar-refractivity contribution is -0.143. The van der Waals surface area contributed by atoms with Gasteiger partial charge in [-0.3, -0.25) is 4.79 Å². The number of aliphatic carboxylic acids is 1. The normalized spacial score (nSPS) is 13.3. The van der Waals surface area contributed by atoms with Gasteiger partial charge < -0.3 is 15.2 Å². The highest BCUT2D eigenvalue weighted by molar-refractivity contribution is 5.84. The molecule has 0 saturated carbocycles. The molecule has 0 unspecified atom stereocenters. The van der Waals surface area contributed by atoms with Gasteiger partial charge >= 0.3 is 5.97 Å². The number of carboxylic acids is 1. The van der Waals surface area contributed by atoms with Crippen molar-refractivity contribution in [3.8, 4) is 5.75 Å². The standard InChI is InChI=1S/C16H23NO4/c1-5-11(3)15(16(19)20)17-14(18)9-21-13-8-10(2)6-7-12(13)4/h6-8,11,15H,5,9H2,1-4H3,(H,17,18)(H,19,20)/t11-,15-/m0/s1. The number of nitrogens with one attached hydrogen (secondary N) is 1. The van der Waals surface area contributed by atoms with Crippen molar-refractivity contribution in [3.05, 3.63) is 29.3 Å². The molecular weight excluding hydrogens is 270 g/mol. The smallest absolute Gasteiger partial charge is 0.326 e. The van der Waals surface area contributed by atoms with E-state index in [1.165, 1.54) is 0 Å². The zero-order chi connectivity index (χ0) is 16.0. The predicted octanol–water partition coefficient (Wildman–Crippen LogP) is 2.30. The third-order valence-corrected chi connectivity index (χ3v) is 3.50. The molecule has 5 heteroatoms. The first kappa shape index (κ1) is 17.0. The van der Waals surface area contributed by atoms with Crippen LogP contribution >= 0.6 is 0 Å². The van der Waals surface area contributed by atoms with Crippen LogP contribution in [0.4, 0.5) is 0 Å². The van der Waals surface area contributed by atoms with Crippen molar-refractivity contribution in [1.29, 1.82) is 0 Å². The van der Waals surface area contributed by atoms with Crippen LogP contribution in [0.3, 0.4) is 0 Å². The van der Waals surface area contributed by atoms with Gasteiger partial charge in [0.1, 0.15) is 11.8 Å². The molecule has 0 aliphatic carbocycles. The monoisotopic (exact) mass is 293 g/mol. The summed E-state index contributed by atoms with van der Waals surface area (Å²) in [5.41, 5.74) is 1.98. The number of aryl methyl sites for hydroxylation is 2. The van der Waals surface area contributed by atoms with Gasteiger partial charge in [-0.2, -0.15) is 0 Å². The Labute approximate surface area is 125 Å². The van der Waals surface area contributed by atoms with E-state index in [0.29, 0.717) is 12.2 Å². The lowest BCUT2D eigenvalue weighted by atomic mass is 9.99. The summed E-state index contributed by atoms with van der Waals surface area (Å²) in [7, 11) is 0. The molecule has 0 heterocycles. The topological polar surface area (TPSA) is 75.6 Å². The van der Waals surface area contributed by atoms with Gasteiger partial charge in [0, 0.05) is 0 Å². The van der Waals surface area contributed by atoms with Crippen molar-refractivity contribution < 1.29 is 19.4 Å². The fraction of sp³-hybridized carbons (Fsp3) is 0.500. The molecule has 0 spiro atoms. The van der Waals surface area contributed by atoms with E-state index in [0.717, 1.165) is 11.1 Å². The molecule has 0 bridgehead atoms. The van der Waals surface area contributed by atoms with Gasteiger partial charge in [-0.1, -0.05) is 32.4 Å². The van der Waals surface area contributed by atoms with E-state index in [1.807, 2.05) is 39.0 Å². The van der Waals surface area contributed by atoms with E-state index in [4.69, 9.17) is 9.84 Å². The highest BCUT2D eigenvalue weighted by Gasteiger charge is 2.25. The molecule has 1 amide bonds. The number of rotatable bonds is 7. The van der Waals surface area contributed by atoms with Gasteiger partial charge in [-0.05, 0) is 37.0 Å². The van der Waals surface area contributed by atoms with Gasteiger partial charge in [0.25, 0.3) is 5.91 Å². The minimum Gasteiger partial charge on any atom is -0.483 e. The quantitative estimate of drug-likeness (QED) is 0.809. The summed E-state index contributed by atoms with van der Waals surface area (Å²) in [5, 5.41) is 11.6. The molecule has 0 aliphatic heterocycles. The summed E-state index contributed by atoms with van der Waals surface area (Å²) in [6, 6.07) is 4.85. The Morgan fingerprint density at radius 1 is 1.33 bits per heavy atom. The lowest BCUT2D eigenvalue weighted by Crippen LogP contribution is -2.46. The summed E-state index contributed by atoms with van der Waals surface area (Å²) < 4.78 is 5.47. The van der Waals surface area contributed by atoms with E-state index in [9.17, 15) is 9.59 Å². The maximum absolute atomic E-state index is 11.8. The van der Waals surface area contributed by atoms with Gasteiger partial charge in [-0.15, -0.1) is 0 Å². The molecule has 5 nitrogen and oxygen atoms in total. The fourth-order valence-electron chi connectivity index (χ4n) is 1.90. The first-order chi connectivity index (χ1) is 9.85. The third kappa shape index (κ3) is 5.10. The van der Waals surface area contributed by atoms with Crippen molar-refractivity contribution in [1.82, 2.24) is 5.32 Å². The highest BCUT2D eigenvalue weighted by atomic mass is 16.5. The van der Waals surface area contributed by atoms with Crippen LogP contribution in [0.5, 0.6) is 5.75 Å². The van der Waals surface area contributed by atoms with Crippen LogP contribution in [0.15, 0.2) is 18.2 Å². The number of hydrogen-bond donors (Lipinski definition) is 2. The van der Waals surface area contributed by atoms with Crippen molar-refractivity contribution in [2.45, 2.75) is 40.2 Å². The van der Waals surface area contributed by atoms with Crippen LogP contribution in [0.2, 0.25) is 0 Å². The summed E-state index contributed by atoms with van der Waals surface area (Å²) in [4.78, 5) is 23.0. The predicted molar refractivity (Wildman–Crippen MR) is 80.4 cm³/mol. The summed E-state index contributed by atoms with van der Waals surface area (Å²) in [6.45, 7) is 7.33. The minimum absolute atomic E-state index is 0.132. The number of carbonyl (C=O) groups is 2. The van der Waals surface area contributed by atoms with Crippen LogP contribution in [-0.2, 0) is 9.59 Å². The average Bonchev–Trinajstić information content (AvgIpc) is 2.44. The number of benzene rings is 1. The van der Waals surface area contributed by atoms with Gasteiger partial charge in [0.05, 0.1) is 0 Å². The molecule has 1 aromatic rings. The van der Waals surface area contributed by atoms with E-state index in [-0.39, 0.29) is 12.5 Å². The molecule has 0 saturated heterocycles. The molecule has 116 valence electrons. The Kier molecular flexibility index (Phi) is 6.21. The van der Waals surface area contributed by atoms with E-state index >= 15 is 0 Å². The molecule has 0 aliphatic rings. The van der Waals surface area contributed by atoms with Gasteiger partial charge in [0.2, 0.25) is 0 Å². The molecule has 0 aromatic heterocycles. The molecule has 0 radical (unpaired) electrons. The molecule has 21 heavy (non-hydrogen) atoms. The van der Waals surface area contributed by atoms with Gasteiger partial charge in [0.15, 0.2) is 6.61 Å². The Bertz CT molecular complexity index is 513. The number of carbonyl (C=O) groups excluding carboxylic acids is 1. The number of amides is 1. The molecular formula is C16H23NO4. The maximum Gasteiger partial charge on any atom is 0.326 e. The Hall–Kier alpha value is -2.04. The lowest BCUT2D eigenvalue weighted by Gasteiger charge is -2.20. The van der Waals surface area contributed by atoms with Crippen molar-refractivity contribution in [3.63, 3.8) is 0 Å². The second-order valence-electron chi connectivity index (χ2n) is 5.33. The average molecular weight is 293 g/mol. The Balaban J connectivity index is 2.61.